The number of hydrogen-bond acceptors (Lipinski definition) is 16. The van der Waals surface area contributed by atoms with Gasteiger partial charge in [0.05, 0.1) is 36.2 Å². The third-order valence-corrected chi connectivity index (χ3v) is 10.3. The number of fused-ring (bicyclic) bond motifs is 1. The van der Waals surface area contributed by atoms with Crippen molar-refractivity contribution >= 4 is 47.0 Å². The summed E-state index contributed by atoms with van der Waals surface area (Å²) in [5.41, 5.74) is -0.208. The zero-order chi connectivity index (χ0) is 37.9. The number of phosphoric ester groups is 3. The lowest BCUT2D eigenvalue weighted by atomic mass is 9.87. The van der Waals surface area contributed by atoms with Gasteiger partial charge in [-0.05, 0) is 34.6 Å². The zero-order valence-electron chi connectivity index (χ0n) is 28.3. The molecule has 2 aliphatic heterocycles. The highest BCUT2D eigenvalue weighted by Gasteiger charge is 2.52. The van der Waals surface area contributed by atoms with Gasteiger partial charge in [0.25, 0.3) is 0 Å². The van der Waals surface area contributed by atoms with Crippen LogP contribution in [0.3, 0.4) is 0 Å². The number of aryl methyl sites for hydroxylation is 1. The summed E-state index contributed by atoms with van der Waals surface area (Å²) in [5.74, 6) is -1.68. The molecule has 0 saturated carbocycles. The van der Waals surface area contributed by atoms with Crippen LogP contribution in [-0.4, -0.2) is 113 Å². The Bertz CT molecular complexity index is 1580. The van der Waals surface area contributed by atoms with Crippen LogP contribution in [0, 0.1) is 12.3 Å². The SMILES string of the molecule is C/C(CCNC(=O)[C@@H](O)C(C)(C)COP(=O)(O)OP(=O)(O)OCC1OC(C2C=Nc3c(C)ncnc32)C(O)C1OP(=O)(O)O)=N\OC(C)(C)C. The maximum atomic E-state index is 12.7. The van der Waals surface area contributed by atoms with Gasteiger partial charge in [0, 0.05) is 24.6 Å². The molecule has 7 N–H and O–H groups in total. The number of hydrogen-bond donors (Lipinski definition) is 7. The van der Waals surface area contributed by atoms with E-state index < -0.39 is 90.0 Å². The van der Waals surface area contributed by atoms with Crippen LogP contribution in [0.5, 0.6) is 0 Å². The van der Waals surface area contributed by atoms with E-state index >= 15 is 0 Å². The monoisotopic (exact) mass is 775 g/mol. The number of carbonyl (C=O) groups is 1. The second-order valence-corrected chi connectivity index (χ2v) is 17.5. The highest BCUT2D eigenvalue weighted by Crippen LogP contribution is 2.61. The van der Waals surface area contributed by atoms with E-state index in [9.17, 15) is 48.3 Å². The maximum absolute atomic E-state index is 12.7. The van der Waals surface area contributed by atoms with E-state index in [0.717, 1.165) is 0 Å². The minimum absolute atomic E-state index is 0.0838. The average molecular weight is 776 g/mol. The molecule has 1 aromatic heterocycles. The predicted molar refractivity (Wildman–Crippen MR) is 173 cm³/mol. The molecule has 1 saturated heterocycles. The number of phosphoric acid groups is 3. The summed E-state index contributed by atoms with van der Waals surface area (Å²) in [4.78, 5) is 69.4. The lowest BCUT2D eigenvalue weighted by Crippen LogP contribution is -2.46. The zero-order valence-corrected chi connectivity index (χ0v) is 31.0. The Morgan fingerprint density at radius 3 is 2.34 bits per heavy atom. The standard InChI is InChI=1S/C26H44N5O16P3/c1-14(31-46-25(3,4)5)8-9-27-24(34)23(33)26(6,7)12-43-50(40,41)47-49(38,39)42-11-17-22(45-48(35,36)37)20(32)21(44-17)16-10-28-18-15(2)29-13-30-19(16)18/h10,13,16-17,20-23,32-33H,8-9,11-12H2,1-7H3,(H,27,34)(H,38,39)(H,40,41)(H2,35,36,37)/b31-14+/t16?,17?,20?,21?,22?,23-/m1/s1. The van der Waals surface area contributed by atoms with E-state index in [0.29, 0.717) is 29.2 Å². The Kier molecular flexibility index (Phi) is 13.8. The largest absolute Gasteiger partial charge is 0.481 e. The van der Waals surface area contributed by atoms with Crippen LogP contribution in [-0.2, 0) is 45.9 Å². The third kappa shape index (κ3) is 12.3. The second kappa shape index (κ2) is 16.3. The highest BCUT2D eigenvalue weighted by atomic mass is 31.3. The molecule has 8 atom stereocenters. The molecule has 21 nitrogen and oxygen atoms in total. The van der Waals surface area contributed by atoms with Crippen molar-refractivity contribution in [1.82, 2.24) is 15.3 Å². The smallest absolute Gasteiger partial charge is 0.390 e. The topological polar surface area (TPSA) is 308 Å². The normalized spacial score (nSPS) is 25.9. The fourth-order valence-corrected chi connectivity index (χ4v) is 7.42. The summed E-state index contributed by atoms with van der Waals surface area (Å²) in [6.07, 6.45) is -5.32. The minimum atomic E-state index is -5.49. The molecule has 1 amide bonds. The summed E-state index contributed by atoms with van der Waals surface area (Å²) in [6.45, 7) is 9.65. The number of nitrogens with one attached hydrogen (secondary N) is 1. The molecule has 284 valence electrons. The van der Waals surface area contributed by atoms with E-state index in [1.807, 2.05) is 20.8 Å². The third-order valence-electron chi connectivity index (χ3n) is 7.16. The number of rotatable bonds is 17. The van der Waals surface area contributed by atoms with E-state index in [2.05, 4.69) is 29.7 Å². The van der Waals surface area contributed by atoms with Crippen LogP contribution in [0.2, 0.25) is 0 Å². The molecule has 3 rings (SSSR count). The number of aliphatic hydroxyl groups is 2. The van der Waals surface area contributed by atoms with Gasteiger partial charge in [0.1, 0.15) is 48.1 Å². The van der Waals surface area contributed by atoms with Gasteiger partial charge in [-0.1, -0.05) is 19.0 Å². The molecule has 0 bridgehead atoms. The molecule has 3 heterocycles. The number of ether oxygens (including phenoxy) is 1. The first kappa shape index (κ1) is 42.4. The Labute approximate surface area is 287 Å². The van der Waals surface area contributed by atoms with Crippen LogP contribution in [0.15, 0.2) is 16.5 Å². The van der Waals surface area contributed by atoms with Gasteiger partial charge in [-0.3, -0.25) is 23.4 Å². The van der Waals surface area contributed by atoms with E-state index in [1.165, 1.54) is 26.4 Å². The molecule has 24 heteroatoms. The second-order valence-electron chi connectivity index (χ2n) is 13.2. The Morgan fingerprint density at radius 1 is 1.08 bits per heavy atom. The number of oxime groups is 1. The summed E-state index contributed by atoms with van der Waals surface area (Å²) >= 11 is 0. The molecule has 7 unspecified atom stereocenters. The molecule has 50 heavy (non-hydrogen) atoms. The van der Waals surface area contributed by atoms with Crippen LogP contribution in [0.25, 0.3) is 0 Å². The van der Waals surface area contributed by atoms with Gasteiger partial charge in [0.2, 0.25) is 5.91 Å². The molecule has 0 radical (unpaired) electrons. The Balaban J connectivity index is 1.58. The number of carbonyl (C=O) groups excluding carboxylic acids is 1. The minimum Gasteiger partial charge on any atom is -0.390 e. The van der Waals surface area contributed by atoms with Crippen LogP contribution < -0.4 is 5.32 Å². The molecular weight excluding hydrogens is 731 g/mol. The lowest BCUT2D eigenvalue weighted by molar-refractivity contribution is -0.136. The number of aromatic nitrogens is 2. The maximum Gasteiger partial charge on any atom is 0.481 e. The van der Waals surface area contributed by atoms with Crippen LogP contribution >= 0.6 is 23.5 Å². The van der Waals surface area contributed by atoms with Crippen molar-refractivity contribution in [3.8, 4) is 0 Å². The fourth-order valence-electron chi connectivity index (χ4n) is 4.59. The Morgan fingerprint density at radius 2 is 1.72 bits per heavy atom. The summed E-state index contributed by atoms with van der Waals surface area (Å²) in [5, 5.41) is 27.9. The molecule has 1 fully saturated rings. The van der Waals surface area contributed by atoms with Crippen molar-refractivity contribution in [2.45, 2.75) is 96.9 Å². The van der Waals surface area contributed by atoms with Gasteiger partial charge in [-0.25, -0.2) is 23.7 Å². The van der Waals surface area contributed by atoms with Crippen molar-refractivity contribution in [1.29, 1.82) is 0 Å². The average Bonchev–Trinajstić information content (AvgIpc) is 3.53. The molecule has 2 aliphatic rings. The van der Waals surface area contributed by atoms with E-state index in [4.69, 9.17) is 23.1 Å². The molecule has 1 aromatic rings. The summed E-state index contributed by atoms with van der Waals surface area (Å²) in [7, 11) is -16.2. The van der Waals surface area contributed by atoms with Crippen molar-refractivity contribution < 1.29 is 75.7 Å². The van der Waals surface area contributed by atoms with Gasteiger partial charge >= 0.3 is 23.5 Å². The molecule has 0 spiro atoms. The van der Waals surface area contributed by atoms with Gasteiger partial charge in [-0.15, -0.1) is 0 Å². The number of amides is 1. The quantitative estimate of drug-likeness (QED) is 0.0670. The lowest BCUT2D eigenvalue weighted by Gasteiger charge is -2.30. The number of aliphatic hydroxyl groups excluding tert-OH is 2. The van der Waals surface area contributed by atoms with Crippen molar-refractivity contribution in [3.05, 3.63) is 17.7 Å². The summed E-state index contributed by atoms with van der Waals surface area (Å²) in [6, 6.07) is 0. The molecule has 0 aromatic carbocycles. The first-order valence-corrected chi connectivity index (χ1v) is 19.6. The first-order valence-electron chi connectivity index (χ1n) is 15.1. The molecular formula is C26H44N5O16P3. The van der Waals surface area contributed by atoms with Crippen molar-refractivity contribution in [2.75, 3.05) is 19.8 Å². The van der Waals surface area contributed by atoms with E-state index in [1.54, 1.807) is 13.8 Å². The van der Waals surface area contributed by atoms with Crippen molar-refractivity contribution in [3.63, 3.8) is 0 Å². The van der Waals surface area contributed by atoms with Gasteiger partial charge < -0.3 is 44.7 Å². The number of nitrogens with zero attached hydrogens (tertiary/aromatic N) is 4. The van der Waals surface area contributed by atoms with Crippen LogP contribution in [0.1, 0.15) is 65.3 Å². The summed E-state index contributed by atoms with van der Waals surface area (Å²) < 4.78 is 61.2. The van der Waals surface area contributed by atoms with Crippen molar-refractivity contribution in [2.24, 2.45) is 15.6 Å². The van der Waals surface area contributed by atoms with E-state index in [-0.39, 0.29) is 6.54 Å². The van der Waals surface area contributed by atoms with Gasteiger partial charge in [-0.2, -0.15) is 4.31 Å². The Hall–Kier alpha value is -2.06. The fraction of sp³-hybridized carbons (Fsp3) is 0.731. The first-order chi connectivity index (χ1) is 22.8. The highest BCUT2D eigenvalue weighted by molar-refractivity contribution is 7.61. The van der Waals surface area contributed by atoms with Gasteiger partial charge in [0.15, 0.2) is 0 Å². The van der Waals surface area contributed by atoms with Crippen LogP contribution in [0.4, 0.5) is 5.69 Å². The predicted octanol–water partition coefficient (Wildman–Crippen LogP) is 1.53. The molecule has 0 aliphatic carbocycles. The number of aliphatic imine (C=N–C) groups is 1.